The van der Waals surface area contributed by atoms with Gasteiger partial charge in [-0.1, -0.05) is 29.3 Å². The van der Waals surface area contributed by atoms with Crippen molar-refractivity contribution >= 4 is 39.1 Å². The Morgan fingerprint density at radius 1 is 1.22 bits per heavy atom. The molecule has 1 amide bonds. The first-order chi connectivity index (χ1) is 10.8. The molecule has 0 aromatic heterocycles. The van der Waals surface area contributed by atoms with E-state index < -0.39 is 15.9 Å². The summed E-state index contributed by atoms with van der Waals surface area (Å²) in [6.07, 6.45) is 3.59. The smallest absolute Gasteiger partial charge is 0.265 e. The molecule has 2 N–H and O–H groups in total. The molecule has 5 nitrogen and oxygen atoms in total. The van der Waals surface area contributed by atoms with Crippen molar-refractivity contribution in [2.24, 2.45) is 11.3 Å². The van der Waals surface area contributed by atoms with E-state index in [9.17, 15) is 13.2 Å². The first kappa shape index (κ1) is 17.0. The van der Waals surface area contributed by atoms with E-state index in [1.165, 1.54) is 18.2 Å². The van der Waals surface area contributed by atoms with Crippen LogP contribution in [0.4, 0.5) is 0 Å². The fourth-order valence-electron chi connectivity index (χ4n) is 3.50. The molecule has 23 heavy (non-hydrogen) atoms. The molecule has 0 unspecified atom stereocenters. The Labute approximate surface area is 145 Å². The van der Waals surface area contributed by atoms with E-state index in [1.807, 2.05) is 0 Å². The second-order valence-corrected chi connectivity index (χ2v) is 8.81. The lowest BCUT2D eigenvalue weighted by atomic mass is 9.57. The van der Waals surface area contributed by atoms with Gasteiger partial charge in [-0.2, -0.15) is 0 Å². The van der Waals surface area contributed by atoms with Crippen LogP contribution in [0.5, 0.6) is 0 Å². The molecule has 0 bridgehead atoms. The number of rotatable bonds is 3. The highest BCUT2D eigenvalue weighted by molar-refractivity contribution is 7.90. The van der Waals surface area contributed by atoms with Crippen LogP contribution < -0.4 is 10.0 Å². The van der Waals surface area contributed by atoms with Gasteiger partial charge in [0.05, 0.1) is 10.0 Å². The van der Waals surface area contributed by atoms with Crippen LogP contribution in [0.1, 0.15) is 25.7 Å². The van der Waals surface area contributed by atoms with E-state index in [2.05, 4.69) is 10.0 Å². The Hall–Kier alpha value is -0.820. The zero-order valence-electron chi connectivity index (χ0n) is 12.4. The summed E-state index contributed by atoms with van der Waals surface area (Å²) in [6, 6.07) is 4.32. The van der Waals surface area contributed by atoms with Gasteiger partial charge >= 0.3 is 0 Å². The van der Waals surface area contributed by atoms with Gasteiger partial charge in [0.2, 0.25) is 5.91 Å². The lowest BCUT2D eigenvalue weighted by Crippen LogP contribution is -2.50. The standard InChI is InChI=1S/C15H18Cl2N2O3S/c16-11-2-1-3-12(13(11)17)23(21,22)19-14(20)10-8-15(9-10)4-6-18-7-5-15/h1-3,10,18H,4-9H2,(H,19,20). The number of carbonyl (C=O) groups excluding carboxylic acids is 1. The van der Waals surface area contributed by atoms with Crippen LogP contribution in [0.15, 0.2) is 23.1 Å². The summed E-state index contributed by atoms with van der Waals surface area (Å²) in [5.74, 6) is -0.703. The molecule has 1 heterocycles. The maximum atomic E-state index is 12.3. The molecular weight excluding hydrogens is 359 g/mol. The van der Waals surface area contributed by atoms with Crippen LogP contribution in [0.2, 0.25) is 10.0 Å². The van der Waals surface area contributed by atoms with E-state index in [0.717, 1.165) is 38.8 Å². The molecule has 0 atom stereocenters. The molecular formula is C15H18Cl2N2O3S. The number of nitrogens with one attached hydrogen (secondary N) is 2. The molecule has 0 radical (unpaired) electrons. The van der Waals surface area contributed by atoms with Crippen molar-refractivity contribution in [1.82, 2.24) is 10.0 Å². The van der Waals surface area contributed by atoms with E-state index in [-0.39, 0.29) is 26.3 Å². The summed E-state index contributed by atoms with van der Waals surface area (Å²) in [4.78, 5) is 12.1. The van der Waals surface area contributed by atoms with Crippen molar-refractivity contribution in [2.75, 3.05) is 13.1 Å². The minimum absolute atomic E-state index is 0.0714. The van der Waals surface area contributed by atoms with Gasteiger partial charge in [0, 0.05) is 5.92 Å². The minimum atomic E-state index is -4.00. The molecule has 2 fully saturated rings. The number of piperidine rings is 1. The summed E-state index contributed by atoms with van der Waals surface area (Å²) in [7, 11) is -4.00. The highest BCUT2D eigenvalue weighted by atomic mass is 35.5. The first-order valence-corrected chi connectivity index (χ1v) is 9.78. The highest BCUT2D eigenvalue weighted by Gasteiger charge is 2.48. The zero-order chi connectivity index (χ0) is 16.7. The number of hydrogen-bond donors (Lipinski definition) is 2. The molecule has 2 aliphatic rings. The molecule has 1 aliphatic heterocycles. The summed E-state index contributed by atoms with van der Waals surface area (Å²) in [5.41, 5.74) is 0.213. The third-order valence-electron chi connectivity index (χ3n) is 4.83. The van der Waals surface area contributed by atoms with Crippen LogP contribution >= 0.6 is 23.2 Å². The Morgan fingerprint density at radius 2 is 1.87 bits per heavy atom. The second-order valence-electron chi connectivity index (χ2n) is 6.38. The number of sulfonamides is 1. The molecule has 1 saturated carbocycles. The third-order valence-corrected chi connectivity index (χ3v) is 7.15. The van der Waals surface area contributed by atoms with Gasteiger partial charge in [0.15, 0.2) is 0 Å². The van der Waals surface area contributed by atoms with Gasteiger partial charge < -0.3 is 5.32 Å². The van der Waals surface area contributed by atoms with E-state index >= 15 is 0 Å². The normalized spacial score (nSPS) is 21.0. The highest BCUT2D eigenvalue weighted by Crippen LogP contribution is 2.51. The van der Waals surface area contributed by atoms with E-state index in [1.54, 1.807) is 0 Å². The monoisotopic (exact) mass is 376 g/mol. The fraction of sp³-hybridized carbons (Fsp3) is 0.533. The average Bonchev–Trinajstić information content (AvgIpc) is 2.47. The molecule has 1 aromatic rings. The molecule has 3 rings (SSSR count). The minimum Gasteiger partial charge on any atom is -0.317 e. The number of hydrogen-bond acceptors (Lipinski definition) is 4. The lowest BCUT2D eigenvalue weighted by molar-refractivity contribution is -0.131. The maximum absolute atomic E-state index is 12.3. The molecule has 126 valence electrons. The molecule has 1 aliphatic carbocycles. The fourth-order valence-corrected chi connectivity index (χ4v) is 5.31. The summed E-state index contributed by atoms with van der Waals surface area (Å²) >= 11 is 11.8. The van der Waals surface area contributed by atoms with Crippen LogP contribution in [0.3, 0.4) is 0 Å². The van der Waals surface area contributed by atoms with Crippen molar-refractivity contribution < 1.29 is 13.2 Å². The zero-order valence-corrected chi connectivity index (χ0v) is 14.8. The topological polar surface area (TPSA) is 75.3 Å². The molecule has 1 aromatic carbocycles. The number of amides is 1. The second kappa shape index (κ2) is 6.24. The van der Waals surface area contributed by atoms with Gasteiger partial charge in [-0.05, 0) is 56.3 Å². The third kappa shape index (κ3) is 3.36. The van der Waals surface area contributed by atoms with Gasteiger partial charge in [0.25, 0.3) is 10.0 Å². The maximum Gasteiger partial charge on any atom is 0.265 e. The van der Waals surface area contributed by atoms with E-state index in [0.29, 0.717) is 0 Å². The van der Waals surface area contributed by atoms with Gasteiger partial charge in [-0.3, -0.25) is 4.79 Å². The van der Waals surface area contributed by atoms with E-state index in [4.69, 9.17) is 23.2 Å². The van der Waals surface area contributed by atoms with Crippen LogP contribution in [0, 0.1) is 11.3 Å². The van der Waals surface area contributed by atoms with Crippen molar-refractivity contribution in [1.29, 1.82) is 0 Å². The first-order valence-electron chi connectivity index (χ1n) is 7.54. The van der Waals surface area contributed by atoms with Crippen LogP contribution in [-0.4, -0.2) is 27.4 Å². The summed E-state index contributed by atoms with van der Waals surface area (Å²) in [6.45, 7) is 1.93. The van der Waals surface area contributed by atoms with Crippen molar-refractivity contribution in [3.8, 4) is 0 Å². The van der Waals surface area contributed by atoms with Crippen molar-refractivity contribution in [3.05, 3.63) is 28.2 Å². The van der Waals surface area contributed by atoms with Crippen LogP contribution in [-0.2, 0) is 14.8 Å². The molecule has 1 spiro atoms. The summed E-state index contributed by atoms with van der Waals surface area (Å²) in [5, 5.41) is 3.37. The Bertz CT molecular complexity index is 722. The quantitative estimate of drug-likeness (QED) is 0.849. The Balaban J connectivity index is 1.67. The van der Waals surface area contributed by atoms with Crippen molar-refractivity contribution in [2.45, 2.75) is 30.6 Å². The number of benzene rings is 1. The predicted octanol–water partition coefficient (Wildman–Crippen LogP) is 2.58. The van der Waals surface area contributed by atoms with Crippen molar-refractivity contribution in [3.63, 3.8) is 0 Å². The number of carbonyl (C=O) groups is 1. The molecule has 1 saturated heterocycles. The Morgan fingerprint density at radius 3 is 2.52 bits per heavy atom. The van der Waals surface area contributed by atoms with Crippen LogP contribution in [0.25, 0.3) is 0 Å². The SMILES string of the molecule is O=C(NS(=O)(=O)c1cccc(Cl)c1Cl)C1CC2(CCNCC2)C1. The lowest BCUT2D eigenvalue weighted by Gasteiger charge is -2.49. The summed E-state index contributed by atoms with van der Waals surface area (Å²) < 4.78 is 26.8. The van der Waals surface area contributed by atoms with Gasteiger partial charge in [-0.15, -0.1) is 0 Å². The number of halogens is 2. The van der Waals surface area contributed by atoms with Gasteiger partial charge in [-0.25, -0.2) is 13.1 Å². The largest absolute Gasteiger partial charge is 0.317 e. The molecule has 8 heteroatoms. The average molecular weight is 377 g/mol. The van der Waals surface area contributed by atoms with Gasteiger partial charge in [0.1, 0.15) is 4.90 Å². The Kier molecular flexibility index (Phi) is 4.62. The predicted molar refractivity (Wildman–Crippen MR) is 89.1 cm³/mol.